The summed E-state index contributed by atoms with van der Waals surface area (Å²) in [5, 5.41) is 10.3. The van der Waals surface area contributed by atoms with Crippen LogP contribution < -0.4 is 5.73 Å². The van der Waals surface area contributed by atoms with Crippen molar-refractivity contribution < 1.29 is 5.11 Å². The Bertz CT molecular complexity index is 319. The van der Waals surface area contributed by atoms with E-state index in [2.05, 4.69) is 4.98 Å². The first kappa shape index (κ1) is 9.68. The van der Waals surface area contributed by atoms with Gasteiger partial charge in [0.1, 0.15) is 5.82 Å². The third kappa shape index (κ3) is 1.67. The smallest absolute Gasteiger partial charge is 0.111 e. The Hall–Kier alpha value is -0.870. The molecule has 1 aliphatic rings. The molecule has 0 radical (unpaired) electrons. The summed E-state index contributed by atoms with van der Waals surface area (Å²) < 4.78 is 1.93. The number of aryl methyl sites for hydroxylation is 1. The number of imidazole rings is 1. The van der Waals surface area contributed by atoms with Crippen molar-refractivity contribution in [2.75, 3.05) is 6.54 Å². The zero-order valence-corrected chi connectivity index (χ0v) is 8.48. The van der Waals surface area contributed by atoms with Crippen molar-refractivity contribution in [3.05, 3.63) is 18.2 Å². The number of nitrogens with two attached hydrogens (primary N) is 1. The molecule has 0 amide bonds. The van der Waals surface area contributed by atoms with E-state index in [1.807, 2.05) is 17.8 Å². The van der Waals surface area contributed by atoms with Crippen LogP contribution in [0.5, 0.6) is 0 Å². The van der Waals surface area contributed by atoms with Crippen molar-refractivity contribution in [2.45, 2.75) is 24.9 Å². The monoisotopic (exact) mass is 195 g/mol. The van der Waals surface area contributed by atoms with E-state index in [0.717, 1.165) is 18.7 Å². The minimum absolute atomic E-state index is 0.324. The van der Waals surface area contributed by atoms with Gasteiger partial charge in [-0.2, -0.15) is 0 Å². The molecule has 1 fully saturated rings. The van der Waals surface area contributed by atoms with Gasteiger partial charge in [-0.25, -0.2) is 4.98 Å². The van der Waals surface area contributed by atoms with Crippen molar-refractivity contribution in [3.8, 4) is 0 Å². The van der Waals surface area contributed by atoms with E-state index >= 15 is 0 Å². The molecule has 14 heavy (non-hydrogen) atoms. The maximum Gasteiger partial charge on any atom is 0.111 e. The first-order valence-electron chi connectivity index (χ1n) is 5.04. The Kier molecular flexibility index (Phi) is 2.33. The Balaban J connectivity index is 2.11. The highest BCUT2D eigenvalue weighted by atomic mass is 16.3. The number of hydrogen-bond acceptors (Lipinski definition) is 3. The molecule has 0 saturated heterocycles. The molecule has 0 aromatic carbocycles. The number of rotatable bonds is 4. The van der Waals surface area contributed by atoms with Gasteiger partial charge in [0, 0.05) is 32.4 Å². The summed E-state index contributed by atoms with van der Waals surface area (Å²) in [6, 6.07) is 0. The van der Waals surface area contributed by atoms with Gasteiger partial charge in [0.05, 0.1) is 5.60 Å². The number of hydrogen-bond donors (Lipinski definition) is 2. The third-order valence-electron chi connectivity index (χ3n) is 3.08. The molecule has 3 N–H and O–H groups in total. The fraction of sp³-hybridized carbons (Fsp3) is 0.700. The fourth-order valence-electron chi connectivity index (χ4n) is 1.84. The van der Waals surface area contributed by atoms with Crippen LogP contribution in [0.3, 0.4) is 0 Å². The minimum Gasteiger partial charge on any atom is -0.388 e. The molecule has 2 rings (SSSR count). The predicted octanol–water partition coefficient (Wildman–Crippen LogP) is 0.0624. The summed E-state index contributed by atoms with van der Waals surface area (Å²) in [6.07, 6.45) is 6.40. The second kappa shape index (κ2) is 3.37. The molecule has 1 aromatic rings. The third-order valence-corrected chi connectivity index (χ3v) is 3.08. The van der Waals surface area contributed by atoms with Crippen LogP contribution in [-0.2, 0) is 13.5 Å². The zero-order valence-electron chi connectivity index (χ0n) is 8.48. The van der Waals surface area contributed by atoms with Crippen LogP contribution in [0.4, 0.5) is 0 Å². The first-order valence-corrected chi connectivity index (χ1v) is 5.04. The highest BCUT2D eigenvalue weighted by Crippen LogP contribution is 2.40. The van der Waals surface area contributed by atoms with Gasteiger partial charge in [-0.05, 0) is 18.8 Å². The van der Waals surface area contributed by atoms with E-state index in [1.54, 1.807) is 6.20 Å². The lowest BCUT2D eigenvalue weighted by molar-refractivity contribution is 0.0242. The van der Waals surface area contributed by atoms with Crippen LogP contribution in [0.25, 0.3) is 0 Å². The molecule has 1 saturated carbocycles. The molecule has 0 spiro atoms. The maximum absolute atomic E-state index is 10.3. The van der Waals surface area contributed by atoms with Gasteiger partial charge in [0.25, 0.3) is 0 Å². The van der Waals surface area contributed by atoms with Gasteiger partial charge in [-0.1, -0.05) is 0 Å². The van der Waals surface area contributed by atoms with Gasteiger partial charge < -0.3 is 15.4 Å². The van der Waals surface area contributed by atoms with Crippen molar-refractivity contribution in [3.63, 3.8) is 0 Å². The number of aromatic nitrogens is 2. The minimum atomic E-state index is -0.737. The van der Waals surface area contributed by atoms with Gasteiger partial charge >= 0.3 is 0 Å². The average Bonchev–Trinajstić information content (AvgIpc) is 2.95. The quantitative estimate of drug-likeness (QED) is 0.714. The van der Waals surface area contributed by atoms with Crippen molar-refractivity contribution >= 4 is 0 Å². The number of aliphatic hydroxyl groups is 1. The van der Waals surface area contributed by atoms with Gasteiger partial charge in [0.2, 0.25) is 0 Å². The SMILES string of the molecule is Cn1ccnc1CC(O)(CN)C1CC1. The summed E-state index contributed by atoms with van der Waals surface area (Å²) in [6.45, 7) is 0.324. The van der Waals surface area contributed by atoms with Crippen LogP contribution in [0.15, 0.2) is 12.4 Å². The van der Waals surface area contributed by atoms with E-state index in [-0.39, 0.29) is 0 Å². The van der Waals surface area contributed by atoms with Gasteiger partial charge in [-0.3, -0.25) is 0 Å². The predicted molar refractivity (Wildman–Crippen MR) is 53.6 cm³/mol. The van der Waals surface area contributed by atoms with Crippen molar-refractivity contribution in [1.82, 2.24) is 9.55 Å². The van der Waals surface area contributed by atoms with E-state index in [0.29, 0.717) is 18.9 Å². The number of nitrogens with zero attached hydrogens (tertiary/aromatic N) is 2. The zero-order chi connectivity index (χ0) is 10.2. The lowest BCUT2D eigenvalue weighted by Gasteiger charge is -2.25. The Morgan fingerprint density at radius 2 is 2.43 bits per heavy atom. The maximum atomic E-state index is 10.3. The molecule has 78 valence electrons. The highest BCUT2D eigenvalue weighted by Gasteiger charge is 2.43. The second-order valence-electron chi connectivity index (χ2n) is 4.21. The molecule has 0 bridgehead atoms. The Morgan fingerprint density at radius 1 is 1.71 bits per heavy atom. The molecular formula is C10H17N3O. The molecule has 1 heterocycles. The molecule has 1 aromatic heterocycles. The second-order valence-corrected chi connectivity index (χ2v) is 4.21. The fourth-order valence-corrected chi connectivity index (χ4v) is 1.84. The lowest BCUT2D eigenvalue weighted by Crippen LogP contribution is -2.42. The van der Waals surface area contributed by atoms with Crippen LogP contribution in [0, 0.1) is 5.92 Å². The normalized spacial score (nSPS) is 20.8. The van der Waals surface area contributed by atoms with Gasteiger partial charge in [-0.15, -0.1) is 0 Å². The molecule has 4 nitrogen and oxygen atoms in total. The van der Waals surface area contributed by atoms with E-state index in [1.165, 1.54) is 0 Å². The van der Waals surface area contributed by atoms with E-state index in [4.69, 9.17) is 5.73 Å². The molecular weight excluding hydrogens is 178 g/mol. The van der Waals surface area contributed by atoms with E-state index < -0.39 is 5.60 Å². The molecule has 4 heteroatoms. The van der Waals surface area contributed by atoms with Crippen LogP contribution in [0.1, 0.15) is 18.7 Å². The molecule has 1 aliphatic carbocycles. The average molecular weight is 195 g/mol. The summed E-state index contributed by atoms with van der Waals surface area (Å²) in [4.78, 5) is 4.21. The molecule has 1 atom stereocenters. The lowest BCUT2D eigenvalue weighted by atomic mass is 9.93. The van der Waals surface area contributed by atoms with Gasteiger partial charge in [0.15, 0.2) is 0 Å². The first-order chi connectivity index (χ1) is 6.65. The van der Waals surface area contributed by atoms with Crippen molar-refractivity contribution in [1.29, 1.82) is 0 Å². The summed E-state index contributed by atoms with van der Waals surface area (Å²) in [5.41, 5.74) is 4.89. The van der Waals surface area contributed by atoms with Crippen molar-refractivity contribution in [2.24, 2.45) is 18.7 Å². The van der Waals surface area contributed by atoms with Crippen LogP contribution >= 0.6 is 0 Å². The highest BCUT2D eigenvalue weighted by molar-refractivity contribution is 5.04. The summed E-state index contributed by atoms with van der Waals surface area (Å²) >= 11 is 0. The topological polar surface area (TPSA) is 64.1 Å². The Morgan fingerprint density at radius 3 is 2.86 bits per heavy atom. The Labute approximate surface area is 83.8 Å². The molecule has 0 aliphatic heterocycles. The largest absolute Gasteiger partial charge is 0.388 e. The van der Waals surface area contributed by atoms with Crippen LogP contribution in [0.2, 0.25) is 0 Å². The molecule has 1 unspecified atom stereocenters. The standard InChI is InChI=1S/C10H17N3O/c1-13-5-4-12-9(13)6-10(14,7-11)8-2-3-8/h4-5,8,14H,2-3,6-7,11H2,1H3. The summed E-state index contributed by atoms with van der Waals surface area (Å²) in [7, 11) is 1.94. The van der Waals surface area contributed by atoms with E-state index in [9.17, 15) is 5.11 Å². The summed E-state index contributed by atoms with van der Waals surface area (Å²) in [5.74, 6) is 1.29. The van der Waals surface area contributed by atoms with Crippen LogP contribution in [-0.4, -0.2) is 26.8 Å².